The van der Waals surface area contributed by atoms with Crippen LogP contribution >= 0.6 is 11.8 Å². The van der Waals surface area contributed by atoms with Crippen molar-refractivity contribution < 1.29 is 33.0 Å². The van der Waals surface area contributed by atoms with Crippen LogP contribution in [0.1, 0.15) is 11.1 Å². The van der Waals surface area contributed by atoms with Crippen LogP contribution in [0.25, 0.3) is 6.08 Å². The van der Waals surface area contributed by atoms with Gasteiger partial charge < -0.3 is 15.6 Å². The molecule has 1 fully saturated rings. The zero-order valence-corrected chi connectivity index (χ0v) is 15.5. The van der Waals surface area contributed by atoms with Gasteiger partial charge in [0.25, 0.3) is 11.1 Å². The van der Waals surface area contributed by atoms with E-state index in [4.69, 9.17) is 15.6 Å². The van der Waals surface area contributed by atoms with E-state index in [0.29, 0.717) is 17.3 Å². The summed E-state index contributed by atoms with van der Waals surface area (Å²) in [7, 11) is 0. The highest BCUT2D eigenvalue weighted by Crippen LogP contribution is 2.31. The molecule has 0 saturated carbocycles. The van der Waals surface area contributed by atoms with Crippen LogP contribution in [0.2, 0.25) is 0 Å². The van der Waals surface area contributed by atoms with E-state index in [-0.39, 0.29) is 28.4 Å². The van der Waals surface area contributed by atoms with E-state index in [2.05, 4.69) is 0 Å². The van der Waals surface area contributed by atoms with Crippen LogP contribution in [0.3, 0.4) is 0 Å². The average molecular weight is 420 g/mol. The quantitative estimate of drug-likeness (QED) is 0.615. The Hall–Kier alpha value is -3.24. The van der Waals surface area contributed by atoms with Gasteiger partial charge in [0, 0.05) is 5.56 Å². The number of ether oxygens (including phenoxy) is 1. The molecular formula is C19H14F2N2O5S. The van der Waals surface area contributed by atoms with Crippen molar-refractivity contribution in [2.24, 2.45) is 5.73 Å². The van der Waals surface area contributed by atoms with Crippen molar-refractivity contribution in [3.05, 3.63) is 64.1 Å². The highest BCUT2D eigenvalue weighted by Gasteiger charge is 2.26. The monoisotopic (exact) mass is 420 g/mol. The van der Waals surface area contributed by atoms with E-state index < -0.39 is 34.8 Å². The van der Waals surface area contributed by atoms with Crippen molar-refractivity contribution in [1.29, 1.82) is 0 Å². The summed E-state index contributed by atoms with van der Waals surface area (Å²) in [4.78, 5) is 33.4. The Morgan fingerprint density at radius 1 is 1.17 bits per heavy atom. The van der Waals surface area contributed by atoms with E-state index in [9.17, 15) is 23.2 Å². The molecule has 0 aliphatic carbocycles. The number of benzene rings is 2. The van der Waals surface area contributed by atoms with Gasteiger partial charge in [-0.15, -0.1) is 0 Å². The highest BCUT2D eigenvalue weighted by molar-refractivity contribution is 8.18. The molecular weight excluding hydrogens is 406 g/mol. The number of carbonyl (C=O) groups excluding carboxylic acids is 2. The van der Waals surface area contributed by atoms with Crippen LogP contribution < -0.4 is 15.8 Å². The number of thioether (sulfide) groups is 1. The van der Waals surface area contributed by atoms with Crippen LogP contribution in [0.5, 0.6) is 11.5 Å². The zero-order chi connectivity index (χ0) is 21.1. The van der Waals surface area contributed by atoms with Gasteiger partial charge in [-0.2, -0.15) is 4.39 Å². The van der Waals surface area contributed by atoms with Crippen molar-refractivity contribution in [1.82, 2.24) is 5.32 Å². The topological polar surface area (TPSA) is 119 Å². The Bertz CT molecular complexity index is 1020. The molecule has 0 radical (unpaired) electrons. The van der Waals surface area contributed by atoms with E-state index in [1.807, 2.05) is 5.32 Å². The molecule has 0 spiro atoms. The maximum Gasteiger partial charge on any atom is 0.320 e. The number of aliphatic carboxylic acids is 1. The highest BCUT2D eigenvalue weighted by atomic mass is 32.2. The predicted molar refractivity (Wildman–Crippen MR) is 101 cm³/mol. The van der Waals surface area contributed by atoms with E-state index in [1.54, 1.807) is 12.1 Å². The molecule has 0 bridgehead atoms. The van der Waals surface area contributed by atoms with Gasteiger partial charge in [-0.25, -0.2) is 4.39 Å². The molecule has 2 aromatic rings. The number of halogens is 2. The number of carboxylic acids is 1. The fourth-order valence-corrected chi connectivity index (χ4v) is 3.13. The first kappa shape index (κ1) is 20.5. The molecule has 10 heteroatoms. The Labute approximate surface area is 167 Å². The van der Waals surface area contributed by atoms with Crippen LogP contribution in [0, 0.1) is 11.6 Å². The Balaban J connectivity index is 1.76. The van der Waals surface area contributed by atoms with Crippen LogP contribution in [0.15, 0.2) is 41.3 Å². The van der Waals surface area contributed by atoms with Crippen molar-refractivity contribution in [3.63, 3.8) is 0 Å². The molecule has 2 aromatic carbocycles. The van der Waals surface area contributed by atoms with Crippen LogP contribution in [-0.2, 0) is 16.0 Å². The first-order chi connectivity index (χ1) is 13.7. The predicted octanol–water partition coefficient (Wildman–Crippen LogP) is 3.04. The summed E-state index contributed by atoms with van der Waals surface area (Å²) in [5.41, 5.74) is 5.90. The Morgan fingerprint density at radius 2 is 1.86 bits per heavy atom. The molecule has 4 N–H and O–H groups in total. The van der Waals surface area contributed by atoms with Gasteiger partial charge in [0.2, 0.25) is 5.82 Å². The minimum absolute atomic E-state index is 0.0443. The van der Waals surface area contributed by atoms with Crippen molar-refractivity contribution >= 4 is 35.0 Å². The van der Waals surface area contributed by atoms with E-state index in [0.717, 1.165) is 6.08 Å². The number of hydrogen-bond donors (Lipinski definition) is 3. The summed E-state index contributed by atoms with van der Waals surface area (Å²) in [6, 6.07) is 7.45. The first-order valence-corrected chi connectivity index (χ1v) is 9.04. The van der Waals surface area contributed by atoms with Gasteiger partial charge in [-0.1, -0.05) is 12.1 Å². The molecule has 1 aliphatic heterocycles. The Morgan fingerprint density at radius 3 is 2.45 bits per heavy atom. The second-order valence-corrected chi connectivity index (χ2v) is 7.04. The normalized spacial score (nSPS) is 16.0. The van der Waals surface area contributed by atoms with Gasteiger partial charge in [0.05, 0.1) is 4.91 Å². The smallest absolute Gasteiger partial charge is 0.320 e. The summed E-state index contributed by atoms with van der Waals surface area (Å²) < 4.78 is 34.0. The number of rotatable bonds is 6. The zero-order valence-electron chi connectivity index (χ0n) is 14.6. The van der Waals surface area contributed by atoms with Crippen LogP contribution in [-0.4, -0.2) is 28.3 Å². The minimum Gasteiger partial charge on any atom is -0.480 e. The lowest BCUT2D eigenvalue weighted by Gasteiger charge is -2.10. The van der Waals surface area contributed by atoms with Gasteiger partial charge in [0.15, 0.2) is 11.6 Å². The van der Waals surface area contributed by atoms with E-state index in [1.165, 1.54) is 24.3 Å². The molecule has 0 aromatic heterocycles. The maximum atomic E-state index is 14.4. The molecule has 3 rings (SSSR count). The third kappa shape index (κ3) is 4.79. The fraction of sp³-hybridized carbons (Fsp3) is 0.105. The second-order valence-electron chi connectivity index (χ2n) is 6.03. The molecule has 1 unspecified atom stereocenters. The lowest BCUT2D eigenvalue weighted by atomic mass is 10.1. The average Bonchev–Trinajstić information content (AvgIpc) is 2.99. The van der Waals surface area contributed by atoms with Crippen LogP contribution in [0.4, 0.5) is 13.6 Å². The lowest BCUT2D eigenvalue weighted by molar-refractivity contribution is -0.138. The number of amides is 2. The summed E-state index contributed by atoms with van der Waals surface area (Å²) in [6.07, 6.45) is 1.18. The molecule has 7 nitrogen and oxygen atoms in total. The second kappa shape index (κ2) is 8.41. The molecule has 1 heterocycles. The minimum atomic E-state index is -1.26. The molecule has 2 amide bonds. The fourth-order valence-electron chi connectivity index (χ4n) is 2.46. The number of carboxylic acid groups (broad SMARTS) is 1. The molecule has 1 saturated heterocycles. The van der Waals surface area contributed by atoms with Gasteiger partial charge in [0.1, 0.15) is 11.8 Å². The van der Waals surface area contributed by atoms with E-state index >= 15 is 0 Å². The molecule has 1 aliphatic rings. The number of nitrogens with one attached hydrogen (secondary N) is 1. The summed E-state index contributed by atoms with van der Waals surface area (Å²) in [5, 5.41) is 10.3. The van der Waals surface area contributed by atoms with Crippen molar-refractivity contribution in [3.8, 4) is 11.5 Å². The summed E-state index contributed by atoms with van der Waals surface area (Å²) in [5.74, 6) is -4.46. The standard InChI is InChI=1S/C19H14F2N2O5S/c20-15-10(8-14-17(24)23-19(27)29-14)3-6-13(16(15)21)28-11-4-1-9(2-5-11)7-12(22)18(25)26/h1-6,8,12H,7,22H2,(H,25,26)(H,23,24,27)/b14-8+. The summed E-state index contributed by atoms with van der Waals surface area (Å²) in [6.45, 7) is 0. The Kier molecular flexibility index (Phi) is 5.95. The number of hydrogen-bond acceptors (Lipinski definition) is 6. The lowest BCUT2D eigenvalue weighted by Crippen LogP contribution is -2.32. The summed E-state index contributed by atoms with van der Waals surface area (Å²) >= 11 is 0.593. The first-order valence-electron chi connectivity index (χ1n) is 8.22. The molecule has 1 atom stereocenters. The number of imide groups is 1. The number of carbonyl (C=O) groups is 3. The molecule has 150 valence electrons. The van der Waals surface area contributed by atoms with Crippen molar-refractivity contribution in [2.45, 2.75) is 12.5 Å². The van der Waals surface area contributed by atoms with Gasteiger partial charge >= 0.3 is 5.97 Å². The number of nitrogens with two attached hydrogens (primary N) is 1. The maximum absolute atomic E-state index is 14.4. The van der Waals surface area contributed by atoms with Crippen molar-refractivity contribution in [2.75, 3.05) is 0 Å². The largest absolute Gasteiger partial charge is 0.480 e. The molecule has 29 heavy (non-hydrogen) atoms. The van der Waals surface area contributed by atoms with Gasteiger partial charge in [-0.05, 0) is 54.1 Å². The van der Waals surface area contributed by atoms with Gasteiger partial charge in [-0.3, -0.25) is 19.7 Å². The SMILES string of the molecule is NC(Cc1ccc(Oc2ccc(/C=C3/SC(=O)NC3=O)c(F)c2F)cc1)C(=O)O. The third-order valence-corrected chi connectivity index (χ3v) is 4.74. The third-order valence-electron chi connectivity index (χ3n) is 3.93.